The van der Waals surface area contributed by atoms with E-state index in [1.54, 1.807) is 13.0 Å². The van der Waals surface area contributed by atoms with Gasteiger partial charge in [-0.25, -0.2) is 9.78 Å². The number of carbonyl (C=O) groups excluding carboxylic acids is 2. The first-order valence-electron chi connectivity index (χ1n) is 11.0. The van der Waals surface area contributed by atoms with E-state index in [0.717, 1.165) is 30.5 Å². The smallest absolute Gasteiger partial charge is 0.341 e. The molecule has 1 aliphatic carbocycles. The van der Waals surface area contributed by atoms with E-state index in [0.29, 0.717) is 39.4 Å². The zero-order valence-corrected chi connectivity index (χ0v) is 20.6. The summed E-state index contributed by atoms with van der Waals surface area (Å²) in [6.45, 7) is 8.40. The number of pyridine rings is 1. The van der Waals surface area contributed by atoms with Crippen LogP contribution in [0.3, 0.4) is 0 Å². The number of nitriles is 1. The van der Waals surface area contributed by atoms with E-state index in [1.165, 1.54) is 28.0 Å². The Morgan fingerprint density at radius 1 is 1.41 bits per heavy atom. The van der Waals surface area contributed by atoms with Gasteiger partial charge in [0.25, 0.3) is 0 Å². The van der Waals surface area contributed by atoms with Crippen LogP contribution in [0.5, 0.6) is 0 Å². The van der Waals surface area contributed by atoms with Crippen LogP contribution >= 0.6 is 23.1 Å². The van der Waals surface area contributed by atoms with Crippen molar-refractivity contribution in [2.75, 3.05) is 17.7 Å². The van der Waals surface area contributed by atoms with Crippen molar-refractivity contribution in [2.24, 2.45) is 5.92 Å². The third kappa shape index (κ3) is 5.70. The SMILES string of the molecule is CCOC(=O)c1c(NC(=O)CCSc2nc(C(C)C)ccc2C#N)sc2c1CCC(C)C2. The molecule has 170 valence electrons. The van der Waals surface area contributed by atoms with Crippen molar-refractivity contribution in [3.8, 4) is 6.07 Å². The fourth-order valence-electron chi connectivity index (χ4n) is 3.66. The van der Waals surface area contributed by atoms with E-state index < -0.39 is 0 Å². The highest BCUT2D eigenvalue weighted by Crippen LogP contribution is 2.40. The summed E-state index contributed by atoms with van der Waals surface area (Å²) in [5, 5.41) is 13.5. The Hall–Kier alpha value is -2.37. The van der Waals surface area contributed by atoms with Crippen molar-refractivity contribution in [1.82, 2.24) is 4.98 Å². The van der Waals surface area contributed by atoms with Crippen molar-refractivity contribution in [2.45, 2.75) is 64.3 Å². The summed E-state index contributed by atoms with van der Waals surface area (Å²) in [5.41, 5.74) is 3.00. The Kier molecular flexibility index (Phi) is 8.32. The summed E-state index contributed by atoms with van der Waals surface area (Å²) in [7, 11) is 0. The highest BCUT2D eigenvalue weighted by molar-refractivity contribution is 7.99. The molecule has 1 unspecified atom stereocenters. The van der Waals surface area contributed by atoms with Crippen LogP contribution in [0.4, 0.5) is 5.00 Å². The molecule has 32 heavy (non-hydrogen) atoms. The predicted octanol–water partition coefficient (Wildman–Crippen LogP) is 5.56. The molecule has 0 aliphatic heterocycles. The number of hydrogen-bond donors (Lipinski definition) is 1. The van der Waals surface area contributed by atoms with Gasteiger partial charge >= 0.3 is 5.97 Å². The van der Waals surface area contributed by atoms with E-state index in [-0.39, 0.29) is 24.2 Å². The van der Waals surface area contributed by atoms with Crippen LogP contribution in [-0.4, -0.2) is 29.2 Å². The standard InChI is InChI=1S/C24H29N3O3S2/c1-5-30-24(29)21-17-8-6-15(4)12-19(17)32-23(21)27-20(28)10-11-31-22-16(13-25)7-9-18(26-22)14(2)3/h7,9,14-15H,5-6,8,10-12H2,1-4H3,(H,27,28). The molecule has 0 fully saturated rings. The van der Waals surface area contributed by atoms with Crippen LogP contribution in [0.1, 0.15) is 78.5 Å². The average molecular weight is 472 g/mol. The van der Waals surface area contributed by atoms with E-state index in [1.807, 2.05) is 6.07 Å². The molecule has 3 rings (SSSR count). The van der Waals surface area contributed by atoms with Gasteiger partial charge in [0.05, 0.1) is 17.7 Å². The van der Waals surface area contributed by atoms with Gasteiger partial charge in [0, 0.05) is 22.7 Å². The molecule has 0 radical (unpaired) electrons. The Labute approximate surface area is 197 Å². The van der Waals surface area contributed by atoms with Gasteiger partial charge in [-0.2, -0.15) is 5.26 Å². The van der Waals surface area contributed by atoms with Gasteiger partial charge in [0.15, 0.2) is 0 Å². The zero-order valence-electron chi connectivity index (χ0n) is 19.0. The topological polar surface area (TPSA) is 92.1 Å². The average Bonchev–Trinajstić information content (AvgIpc) is 3.10. The van der Waals surface area contributed by atoms with E-state index >= 15 is 0 Å². The third-order valence-electron chi connectivity index (χ3n) is 5.41. The number of ether oxygens (including phenoxy) is 1. The quantitative estimate of drug-likeness (QED) is 0.400. The molecule has 8 heteroatoms. The number of amides is 1. The van der Waals surface area contributed by atoms with Crippen molar-refractivity contribution in [3.63, 3.8) is 0 Å². The fourth-order valence-corrected chi connectivity index (χ4v) is 5.99. The number of anilines is 1. The second-order valence-electron chi connectivity index (χ2n) is 8.28. The summed E-state index contributed by atoms with van der Waals surface area (Å²) >= 11 is 2.90. The zero-order chi connectivity index (χ0) is 23.3. The lowest BCUT2D eigenvalue weighted by Gasteiger charge is -2.18. The molecule has 6 nitrogen and oxygen atoms in total. The molecule has 1 amide bonds. The number of rotatable bonds is 8. The molecule has 1 N–H and O–H groups in total. The molecule has 2 heterocycles. The molecule has 1 atom stereocenters. The lowest BCUT2D eigenvalue weighted by Crippen LogP contribution is -2.17. The van der Waals surface area contributed by atoms with Gasteiger partial charge in [-0.1, -0.05) is 20.8 Å². The Morgan fingerprint density at radius 2 is 2.19 bits per heavy atom. The van der Waals surface area contributed by atoms with Crippen LogP contribution in [-0.2, 0) is 22.4 Å². The van der Waals surface area contributed by atoms with Crippen molar-refractivity contribution in [1.29, 1.82) is 5.26 Å². The van der Waals surface area contributed by atoms with E-state index in [4.69, 9.17) is 4.74 Å². The van der Waals surface area contributed by atoms with Gasteiger partial charge in [-0.3, -0.25) is 4.79 Å². The lowest BCUT2D eigenvalue weighted by atomic mass is 9.88. The van der Waals surface area contributed by atoms with Gasteiger partial charge in [0.1, 0.15) is 16.1 Å². The monoisotopic (exact) mass is 471 g/mol. The lowest BCUT2D eigenvalue weighted by molar-refractivity contribution is -0.115. The molecule has 1 aliphatic rings. The summed E-state index contributed by atoms with van der Waals surface area (Å²) in [5.74, 6) is 0.802. The molecule has 0 saturated heterocycles. The second-order valence-corrected chi connectivity index (χ2v) is 10.5. The molecule has 0 aromatic carbocycles. The highest BCUT2D eigenvalue weighted by atomic mass is 32.2. The minimum Gasteiger partial charge on any atom is -0.462 e. The first-order chi connectivity index (χ1) is 15.3. The van der Waals surface area contributed by atoms with Crippen molar-refractivity contribution >= 4 is 40.0 Å². The Morgan fingerprint density at radius 3 is 2.88 bits per heavy atom. The summed E-state index contributed by atoms with van der Waals surface area (Å²) in [6, 6.07) is 5.83. The summed E-state index contributed by atoms with van der Waals surface area (Å²) in [4.78, 5) is 31.0. The minimum absolute atomic E-state index is 0.159. The molecular formula is C24H29N3O3S2. The van der Waals surface area contributed by atoms with E-state index in [2.05, 4.69) is 37.1 Å². The number of hydrogen-bond acceptors (Lipinski definition) is 7. The maximum atomic E-state index is 12.7. The number of fused-ring (bicyclic) bond motifs is 1. The number of thioether (sulfide) groups is 1. The first-order valence-corrected chi connectivity index (χ1v) is 12.8. The number of nitrogens with zero attached hydrogens (tertiary/aromatic N) is 2. The fraction of sp³-hybridized carbons (Fsp3) is 0.500. The predicted molar refractivity (Wildman–Crippen MR) is 128 cm³/mol. The molecule has 0 saturated carbocycles. The summed E-state index contributed by atoms with van der Waals surface area (Å²) < 4.78 is 5.27. The van der Waals surface area contributed by atoms with Crippen molar-refractivity contribution in [3.05, 3.63) is 39.4 Å². The largest absolute Gasteiger partial charge is 0.462 e. The molecule has 2 aromatic heterocycles. The second kappa shape index (κ2) is 11.0. The molecule has 0 bridgehead atoms. The maximum absolute atomic E-state index is 12.7. The number of carbonyl (C=O) groups is 2. The van der Waals surface area contributed by atoms with Crippen LogP contribution in [0.2, 0.25) is 0 Å². The van der Waals surface area contributed by atoms with Gasteiger partial charge < -0.3 is 10.1 Å². The van der Waals surface area contributed by atoms with Crippen LogP contribution in [0, 0.1) is 17.2 Å². The third-order valence-corrected chi connectivity index (χ3v) is 7.57. The number of thiophene rings is 1. The maximum Gasteiger partial charge on any atom is 0.341 e. The molecular weight excluding hydrogens is 442 g/mol. The highest BCUT2D eigenvalue weighted by Gasteiger charge is 2.29. The van der Waals surface area contributed by atoms with Gasteiger partial charge in [0.2, 0.25) is 5.91 Å². The van der Waals surface area contributed by atoms with Gasteiger partial charge in [-0.15, -0.1) is 23.1 Å². The van der Waals surface area contributed by atoms with E-state index in [9.17, 15) is 14.9 Å². The van der Waals surface area contributed by atoms with Crippen molar-refractivity contribution < 1.29 is 14.3 Å². The molecule has 0 spiro atoms. The van der Waals surface area contributed by atoms with Crippen LogP contribution < -0.4 is 5.32 Å². The Balaban J connectivity index is 1.69. The minimum atomic E-state index is -0.363. The first kappa shape index (κ1) is 24.3. The number of aromatic nitrogens is 1. The van der Waals surface area contributed by atoms with Crippen LogP contribution in [0.15, 0.2) is 17.2 Å². The Bertz CT molecular complexity index is 1040. The van der Waals surface area contributed by atoms with Gasteiger partial charge in [-0.05, 0) is 55.7 Å². The van der Waals surface area contributed by atoms with Crippen LogP contribution in [0.25, 0.3) is 0 Å². The summed E-state index contributed by atoms with van der Waals surface area (Å²) in [6.07, 6.45) is 3.04. The number of nitrogens with one attached hydrogen (secondary N) is 1. The number of esters is 1. The normalized spacial score (nSPS) is 15.2. The molecule has 2 aromatic rings.